The summed E-state index contributed by atoms with van der Waals surface area (Å²) in [4.78, 5) is 26.5. The number of nitrogens with zero attached hydrogens (tertiary/aromatic N) is 7. The van der Waals surface area contributed by atoms with Crippen LogP contribution in [-0.4, -0.2) is 52.1 Å². The maximum atomic E-state index is 13.4. The summed E-state index contributed by atoms with van der Waals surface area (Å²) in [6.07, 6.45) is 3.12. The molecule has 0 amide bonds. The van der Waals surface area contributed by atoms with E-state index in [1.54, 1.807) is 12.3 Å². The molecule has 0 radical (unpaired) electrons. The van der Waals surface area contributed by atoms with Crippen molar-refractivity contribution in [2.75, 3.05) is 12.3 Å². The molecular formula is C27H29N11O. The van der Waals surface area contributed by atoms with Crippen molar-refractivity contribution in [2.45, 2.75) is 33.4 Å². The fourth-order valence-electron chi connectivity index (χ4n) is 4.56. The van der Waals surface area contributed by atoms with E-state index in [0.717, 1.165) is 22.5 Å². The second-order valence-electron chi connectivity index (χ2n) is 9.24. The van der Waals surface area contributed by atoms with Crippen molar-refractivity contribution in [3.63, 3.8) is 0 Å². The molecule has 5 N–H and O–H groups in total. The van der Waals surface area contributed by atoms with Gasteiger partial charge >= 0.3 is 5.69 Å². The van der Waals surface area contributed by atoms with Gasteiger partial charge in [0.25, 0.3) is 0 Å². The molecule has 0 fully saturated rings. The van der Waals surface area contributed by atoms with Crippen LogP contribution in [0, 0.1) is 24.7 Å². The molecule has 198 valence electrons. The summed E-state index contributed by atoms with van der Waals surface area (Å²) in [6.45, 7) is 6.24. The molecule has 0 saturated carbocycles. The van der Waals surface area contributed by atoms with Gasteiger partial charge in [-0.1, -0.05) is 30.3 Å². The van der Waals surface area contributed by atoms with Gasteiger partial charge in [0.2, 0.25) is 11.6 Å². The lowest BCUT2D eigenvalue weighted by Gasteiger charge is -2.16. The predicted octanol–water partition coefficient (Wildman–Crippen LogP) is 2.00. The molecule has 12 nitrogen and oxygen atoms in total. The number of hydrogen-bond acceptors (Lipinski definition) is 9. The molecule has 5 rings (SSSR count). The normalized spacial score (nSPS) is 12.1. The van der Waals surface area contributed by atoms with Crippen molar-refractivity contribution in [1.82, 2.24) is 39.0 Å². The molecule has 1 atom stereocenters. The van der Waals surface area contributed by atoms with Crippen molar-refractivity contribution in [1.29, 1.82) is 10.8 Å². The Hall–Kier alpha value is -4.97. The third-order valence-electron chi connectivity index (χ3n) is 6.36. The third kappa shape index (κ3) is 4.97. The number of fused-ring (bicyclic) bond motifs is 1. The van der Waals surface area contributed by atoms with E-state index in [1.807, 2.05) is 63.2 Å². The predicted molar refractivity (Wildman–Crippen MR) is 148 cm³/mol. The monoisotopic (exact) mass is 523 g/mol. The molecule has 1 unspecified atom stereocenters. The highest BCUT2D eigenvalue weighted by atomic mass is 16.2. The van der Waals surface area contributed by atoms with Gasteiger partial charge in [-0.15, -0.1) is 5.10 Å². The molecule has 0 aliphatic heterocycles. The smallest absolute Gasteiger partial charge is 0.353 e. The summed E-state index contributed by atoms with van der Waals surface area (Å²) in [5, 5.41) is 24.2. The molecule has 0 aliphatic rings. The van der Waals surface area contributed by atoms with Crippen LogP contribution in [0.15, 0.2) is 65.7 Å². The Morgan fingerprint density at radius 2 is 1.79 bits per heavy atom. The molecule has 4 aromatic heterocycles. The van der Waals surface area contributed by atoms with Crippen LogP contribution in [0.25, 0.3) is 28.0 Å². The summed E-state index contributed by atoms with van der Waals surface area (Å²) in [5.74, 6) is 0.215. The van der Waals surface area contributed by atoms with Crippen molar-refractivity contribution in [3.05, 3.63) is 88.4 Å². The highest BCUT2D eigenvalue weighted by Gasteiger charge is 2.22. The van der Waals surface area contributed by atoms with Gasteiger partial charge in [0.05, 0.1) is 23.8 Å². The fraction of sp³-hybridized carbons (Fsp3) is 0.222. The molecule has 1 aromatic carbocycles. The number of benzene rings is 1. The summed E-state index contributed by atoms with van der Waals surface area (Å²) >= 11 is 0. The first-order valence-electron chi connectivity index (χ1n) is 12.4. The van der Waals surface area contributed by atoms with Crippen LogP contribution in [0.4, 0.5) is 5.95 Å². The maximum Gasteiger partial charge on any atom is 0.353 e. The zero-order valence-electron chi connectivity index (χ0n) is 21.9. The lowest BCUT2D eigenvalue weighted by atomic mass is 9.99. The largest absolute Gasteiger partial charge is 0.369 e. The first kappa shape index (κ1) is 25.7. The Bertz CT molecular complexity index is 1780. The van der Waals surface area contributed by atoms with E-state index >= 15 is 0 Å². The average Bonchev–Trinajstić information content (AvgIpc) is 3.24. The van der Waals surface area contributed by atoms with Crippen LogP contribution in [0.1, 0.15) is 18.3 Å². The molecule has 12 heteroatoms. The van der Waals surface area contributed by atoms with Gasteiger partial charge < -0.3 is 11.1 Å². The van der Waals surface area contributed by atoms with Crippen LogP contribution in [0.5, 0.6) is 0 Å². The molecule has 5 aromatic rings. The molecular weight excluding hydrogens is 494 g/mol. The Morgan fingerprint density at radius 3 is 2.49 bits per heavy atom. The Kier molecular flexibility index (Phi) is 6.86. The number of pyridine rings is 1. The van der Waals surface area contributed by atoms with E-state index in [4.69, 9.17) is 21.7 Å². The minimum atomic E-state index is -0.405. The zero-order chi connectivity index (χ0) is 27.7. The topological polar surface area (TPSA) is 169 Å². The van der Waals surface area contributed by atoms with Gasteiger partial charge in [0.15, 0.2) is 5.65 Å². The molecule has 0 saturated heterocycles. The van der Waals surface area contributed by atoms with Gasteiger partial charge in [-0.05, 0) is 44.5 Å². The van der Waals surface area contributed by atoms with Gasteiger partial charge in [-0.2, -0.15) is 0 Å². The maximum absolute atomic E-state index is 13.4. The van der Waals surface area contributed by atoms with Gasteiger partial charge in [0.1, 0.15) is 5.84 Å². The SMILES string of the molecule is Cc1cc(-c2c(-c3ccccc3)nc(N)n3c(=O)n(CCNC(C)C(=N)n4cccnc4=N)nc23)cc(C)n1. The van der Waals surface area contributed by atoms with Gasteiger partial charge in [-0.25, -0.2) is 23.8 Å². The lowest BCUT2D eigenvalue weighted by Crippen LogP contribution is -2.43. The molecule has 4 heterocycles. The summed E-state index contributed by atoms with van der Waals surface area (Å²) in [6, 6.07) is 14.8. The van der Waals surface area contributed by atoms with Gasteiger partial charge in [0, 0.05) is 35.9 Å². The number of nitrogens with two attached hydrogens (primary N) is 1. The number of aromatic nitrogens is 7. The van der Waals surface area contributed by atoms with Gasteiger partial charge in [-0.3, -0.25) is 20.4 Å². The van der Waals surface area contributed by atoms with Crippen LogP contribution in [0.2, 0.25) is 0 Å². The summed E-state index contributed by atoms with van der Waals surface area (Å²) in [7, 11) is 0. The second kappa shape index (κ2) is 10.4. The minimum Gasteiger partial charge on any atom is -0.369 e. The Morgan fingerprint density at radius 1 is 1.08 bits per heavy atom. The van der Waals surface area contributed by atoms with Crippen LogP contribution < -0.4 is 22.4 Å². The minimum absolute atomic E-state index is 0.0287. The number of nitrogens with one attached hydrogen (secondary N) is 3. The molecule has 0 spiro atoms. The highest BCUT2D eigenvalue weighted by Crippen LogP contribution is 2.34. The average molecular weight is 524 g/mol. The van der Waals surface area contributed by atoms with Crippen molar-refractivity contribution in [3.8, 4) is 22.4 Å². The number of anilines is 1. The first-order valence-corrected chi connectivity index (χ1v) is 12.4. The number of rotatable bonds is 7. The standard InChI is InChI=1S/C27H29N11O/c1-16-14-20(15-17(2)33-16)21-22(19-8-5-4-6-9-19)34-26(30)38-24(21)35-37(27(38)39)13-11-31-18(3)23(28)36-12-7-10-32-25(36)29/h4-10,12,14-15,18,28-29,31H,11,13H2,1-3H3,(H2,30,34). The van der Waals surface area contributed by atoms with Crippen LogP contribution >= 0.6 is 0 Å². The summed E-state index contributed by atoms with van der Waals surface area (Å²) < 4.78 is 4.07. The number of hydrogen-bond donors (Lipinski definition) is 4. The number of aryl methyl sites for hydroxylation is 2. The van der Waals surface area contributed by atoms with E-state index in [2.05, 4.69) is 20.3 Å². The first-order chi connectivity index (χ1) is 18.7. The van der Waals surface area contributed by atoms with E-state index in [1.165, 1.54) is 19.8 Å². The molecule has 0 aliphatic carbocycles. The van der Waals surface area contributed by atoms with Crippen LogP contribution in [0.3, 0.4) is 0 Å². The second-order valence-corrected chi connectivity index (χ2v) is 9.24. The third-order valence-corrected chi connectivity index (χ3v) is 6.36. The highest BCUT2D eigenvalue weighted by molar-refractivity contribution is 5.90. The van der Waals surface area contributed by atoms with Crippen LogP contribution in [-0.2, 0) is 6.54 Å². The fourth-order valence-corrected chi connectivity index (χ4v) is 4.56. The van der Waals surface area contributed by atoms with E-state index in [9.17, 15) is 4.79 Å². The molecule has 0 bridgehead atoms. The van der Waals surface area contributed by atoms with E-state index in [-0.39, 0.29) is 23.9 Å². The van der Waals surface area contributed by atoms with Crippen molar-refractivity contribution >= 4 is 17.4 Å². The summed E-state index contributed by atoms with van der Waals surface area (Å²) in [5.41, 5.74) is 11.0. The van der Waals surface area contributed by atoms with Crippen molar-refractivity contribution in [2.24, 2.45) is 0 Å². The van der Waals surface area contributed by atoms with Crippen molar-refractivity contribution < 1.29 is 0 Å². The van der Waals surface area contributed by atoms with E-state index < -0.39 is 11.7 Å². The zero-order valence-corrected chi connectivity index (χ0v) is 21.9. The lowest BCUT2D eigenvalue weighted by molar-refractivity contribution is 0.527. The Labute approximate surface area is 223 Å². The van der Waals surface area contributed by atoms with E-state index in [0.29, 0.717) is 23.4 Å². The quantitative estimate of drug-likeness (QED) is 0.187. The number of nitrogen functional groups attached to an aromatic ring is 1. The molecule has 39 heavy (non-hydrogen) atoms. The Balaban J connectivity index is 1.53.